The molecule has 2 heterocycles. The van der Waals surface area contributed by atoms with E-state index < -0.39 is 0 Å². The number of benzene rings is 1. The molecule has 0 atom stereocenters. The van der Waals surface area contributed by atoms with Crippen LogP contribution in [0, 0.1) is 0 Å². The molecule has 1 saturated heterocycles. The van der Waals surface area contributed by atoms with E-state index in [1.165, 1.54) is 31.4 Å². The number of anilines is 1. The third-order valence-electron chi connectivity index (χ3n) is 4.19. The van der Waals surface area contributed by atoms with Crippen LogP contribution in [-0.4, -0.2) is 29.0 Å². The Bertz CT molecular complexity index is 694. The molecule has 1 aliphatic heterocycles. The molecule has 0 unspecified atom stereocenters. The molecule has 0 bridgehead atoms. The molecule has 2 aromatic rings. The molecule has 0 radical (unpaired) electrons. The first-order chi connectivity index (χ1) is 11.2. The summed E-state index contributed by atoms with van der Waals surface area (Å²) < 4.78 is 0. The average Bonchev–Trinajstić information content (AvgIpc) is 2.83. The Morgan fingerprint density at radius 2 is 1.78 bits per heavy atom. The SMILES string of the molecule is O=C(NCc1c[nH]c(=O)[nH]1)c1ccc(N2CCCCCC2)cc1. The number of amides is 1. The average molecular weight is 314 g/mol. The number of nitrogens with zero attached hydrogens (tertiary/aromatic N) is 1. The van der Waals surface area contributed by atoms with Crippen molar-refractivity contribution >= 4 is 11.6 Å². The molecule has 0 spiro atoms. The quantitative estimate of drug-likeness (QED) is 0.807. The van der Waals surface area contributed by atoms with Crippen molar-refractivity contribution in [1.82, 2.24) is 15.3 Å². The molecule has 1 fully saturated rings. The highest BCUT2D eigenvalue weighted by Gasteiger charge is 2.11. The minimum atomic E-state index is -0.268. The molecule has 0 saturated carbocycles. The second-order valence-electron chi connectivity index (χ2n) is 5.90. The van der Waals surface area contributed by atoms with Gasteiger partial charge in [0.05, 0.1) is 12.2 Å². The summed E-state index contributed by atoms with van der Waals surface area (Å²) in [6, 6.07) is 7.74. The lowest BCUT2D eigenvalue weighted by Gasteiger charge is -2.22. The molecule has 1 aromatic carbocycles. The fourth-order valence-corrected chi connectivity index (χ4v) is 2.90. The van der Waals surface area contributed by atoms with Crippen molar-refractivity contribution in [2.24, 2.45) is 0 Å². The lowest BCUT2D eigenvalue weighted by molar-refractivity contribution is 0.0950. The third kappa shape index (κ3) is 4.03. The second kappa shape index (κ2) is 7.17. The van der Waals surface area contributed by atoms with Crippen molar-refractivity contribution in [1.29, 1.82) is 0 Å². The lowest BCUT2D eigenvalue weighted by Crippen LogP contribution is -2.25. The zero-order chi connectivity index (χ0) is 16.1. The maximum absolute atomic E-state index is 12.1. The van der Waals surface area contributed by atoms with Crippen LogP contribution in [0.15, 0.2) is 35.3 Å². The van der Waals surface area contributed by atoms with Crippen LogP contribution in [0.5, 0.6) is 0 Å². The van der Waals surface area contributed by atoms with Crippen molar-refractivity contribution in [3.05, 3.63) is 52.2 Å². The minimum Gasteiger partial charge on any atom is -0.372 e. The number of hydrogen-bond acceptors (Lipinski definition) is 3. The van der Waals surface area contributed by atoms with Crippen LogP contribution in [0.3, 0.4) is 0 Å². The molecule has 0 aliphatic carbocycles. The van der Waals surface area contributed by atoms with E-state index in [1.807, 2.05) is 24.3 Å². The Morgan fingerprint density at radius 3 is 2.39 bits per heavy atom. The highest BCUT2D eigenvalue weighted by Crippen LogP contribution is 2.20. The van der Waals surface area contributed by atoms with E-state index in [4.69, 9.17) is 0 Å². The Labute approximate surface area is 134 Å². The van der Waals surface area contributed by atoms with Gasteiger partial charge in [-0.2, -0.15) is 0 Å². The monoisotopic (exact) mass is 314 g/mol. The van der Waals surface area contributed by atoms with E-state index in [-0.39, 0.29) is 11.6 Å². The number of carbonyl (C=O) groups is 1. The van der Waals surface area contributed by atoms with E-state index in [2.05, 4.69) is 20.2 Å². The van der Waals surface area contributed by atoms with Gasteiger partial charge in [-0.25, -0.2) is 4.79 Å². The van der Waals surface area contributed by atoms with Crippen LogP contribution in [0.4, 0.5) is 5.69 Å². The fourth-order valence-electron chi connectivity index (χ4n) is 2.90. The van der Waals surface area contributed by atoms with Gasteiger partial charge in [0, 0.05) is 30.5 Å². The van der Waals surface area contributed by atoms with Gasteiger partial charge in [-0.3, -0.25) is 4.79 Å². The molecular weight excluding hydrogens is 292 g/mol. The van der Waals surface area contributed by atoms with Gasteiger partial charge < -0.3 is 20.2 Å². The molecule has 1 aromatic heterocycles. The van der Waals surface area contributed by atoms with Crippen molar-refractivity contribution < 1.29 is 4.79 Å². The minimum absolute atomic E-state index is 0.144. The molecule has 6 heteroatoms. The summed E-state index contributed by atoms with van der Waals surface area (Å²) in [7, 11) is 0. The Morgan fingerprint density at radius 1 is 1.09 bits per heavy atom. The van der Waals surface area contributed by atoms with E-state index in [0.717, 1.165) is 13.1 Å². The van der Waals surface area contributed by atoms with Crippen molar-refractivity contribution in [3.8, 4) is 0 Å². The zero-order valence-electron chi connectivity index (χ0n) is 13.1. The Hall–Kier alpha value is -2.50. The summed E-state index contributed by atoms with van der Waals surface area (Å²) in [6.45, 7) is 2.48. The number of H-pyrrole nitrogens is 2. The van der Waals surface area contributed by atoms with E-state index >= 15 is 0 Å². The number of carbonyl (C=O) groups excluding carboxylic acids is 1. The maximum Gasteiger partial charge on any atom is 0.323 e. The molecule has 6 nitrogen and oxygen atoms in total. The summed E-state index contributed by atoms with van der Waals surface area (Å²) in [5.74, 6) is -0.144. The molecule has 1 amide bonds. The van der Waals surface area contributed by atoms with Gasteiger partial charge in [-0.15, -0.1) is 0 Å². The van der Waals surface area contributed by atoms with Crippen LogP contribution in [0.2, 0.25) is 0 Å². The van der Waals surface area contributed by atoms with Crippen molar-refractivity contribution in [2.75, 3.05) is 18.0 Å². The topological polar surface area (TPSA) is 81.0 Å². The highest BCUT2D eigenvalue weighted by molar-refractivity contribution is 5.94. The van der Waals surface area contributed by atoms with E-state index in [9.17, 15) is 9.59 Å². The number of imidazole rings is 1. The van der Waals surface area contributed by atoms with Gasteiger partial charge in [-0.05, 0) is 37.1 Å². The first-order valence-electron chi connectivity index (χ1n) is 8.12. The summed E-state index contributed by atoms with van der Waals surface area (Å²) in [5, 5.41) is 2.79. The normalized spacial score (nSPS) is 15.2. The number of rotatable bonds is 4. The van der Waals surface area contributed by atoms with Gasteiger partial charge in [0.2, 0.25) is 0 Å². The largest absolute Gasteiger partial charge is 0.372 e. The number of aromatic amines is 2. The predicted octanol–water partition coefficient (Wildman–Crippen LogP) is 2.01. The highest BCUT2D eigenvalue weighted by atomic mass is 16.2. The van der Waals surface area contributed by atoms with Crippen LogP contribution in [0.25, 0.3) is 0 Å². The summed E-state index contributed by atoms with van der Waals surface area (Å²) in [6.07, 6.45) is 6.63. The lowest BCUT2D eigenvalue weighted by atomic mass is 10.1. The molecule has 1 aliphatic rings. The standard InChI is InChI=1S/C17H22N4O2/c22-16(18-11-14-12-19-17(23)20-14)13-5-7-15(8-6-13)21-9-3-1-2-4-10-21/h5-8,12H,1-4,9-11H2,(H,18,22)(H2,19,20,23). The Kier molecular flexibility index (Phi) is 4.80. The van der Waals surface area contributed by atoms with Crippen LogP contribution in [0.1, 0.15) is 41.7 Å². The molecule has 122 valence electrons. The van der Waals surface area contributed by atoms with E-state index in [1.54, 1.807) is 6.20 Å². The summed E-state index contributed by atoms with van der Waals surface area (Å²) >= 11 is 0. The van der Waals surface area contributed by atoms with Gasteiger partial charge in [0.25, 0.3) is 5.91 Å². The molecule has 23 heavy (non-hydrogen) atoms. The van der Waals surface area contributed by atoms with Crippen molar-refractivity contribution in [2.45, 2.75) is 32.2 Å². The van der Waals surface area contributed by atoms with Crippen LogP contribution >= 0.6 is 0 Å². The van der Waals surface area contributed by atoms with Crippen LogP contribution in [-0.2, 0) is 6.54 Å². The first kappa shape index (κ1) is 15.4. The van der Waals surface area contributed by atoms with E-state index in [0.29, 0.717) is 17.8 Å². The van der Waals surface area contributed by atoms with Gasteiger partial charge in [0.15, 0.2) is 0 Å². The third-order valence-corrected chi connectivity index (χ3v) is 4.19. The number of aromatic nitrogens is 2. The summed E-state index contributed by atoms with van der Waals surface area (Å²) in [4.78, 5) is 30.6. The van der Waals surface area contributed by atoms with Gasteiger partial charge in [0.1, 0.15) is 0 Å². The molecular formula is C17H22N4O2. The zero-order valence-corrected chi connectivity index (χ0v) is 13.1. The maximum atomic E-state index is 12.1. The molecule has 3 N–H and O–H groups in total. The second-order valence-corrected chi connectivity index (χ2v) is 5.90. The number of hydrogen-bond donors (Lipinski definition) is 3. The Balaban J connectivity index is 1.59. The first-order valence-corrected chi connectivity index (χ1v) is 8.12. The van der Waals surface area contributed by atoms with Gasteiger partial charge >= 0.3 is 5.69 Å². The van der Waals surface area contributed by atoms with Crippen molar-refractivity contribution in [3.63, 3.8) is 0 Å². The van der Waals surface area contributed by atoms with Crippen LogP contribution < -0.4 is 15.9 Å². The molecule has 3 rings (SSSR count). The van der Waals surface area contributed by atoms with Gasteiger partial charge in [-0.1, -0.05) is 12.8 Å². The predicted molar refractivity (Wildman–Crippen MR) is 89.7 cm³/mol. The number of nitrogens with one attached hydrogen (secondary N) is 3. The fraction of sp³-hybridized carbons (Fsp3) is 0.412. The summed E-state index contributed by atoms with van der Waals surface area (Å²) in [5.41, 5.74) is 2.19. The smallest absolute Gasteiger partial charge is 0.323 e.